The Hall–Kier alpha value is -3.86. The van der Waals surface area contributed by atoms with Gasteiger partial charge in [0, 0.05) is 11.6 Å². The van der Waals surface area contributed by atoms with Crippen LogP contribution in [0.4, 0.5) is 23.4 Å². The summed E-state index contributed by atoms with van der Waals surface area (Å²) in [6.07, 6.45) is -4.90. The normalized spacial score (nSPS) is 11.9. The second-order valence-corrected chi connectivity index (χ2v) is 8.45. The van der Waals surface area contributed by atoms with Gasteiger partial charge in [-0.2, -0.15) is 5.10 Å². The lowest BCUT2D eigenvalue weighted by Crippen LogP contribution is -2.18. The first kappa shape index (κ1) is 22.3. The molecule has 0 aliphatic rings. The first-order chi connectivity index (χ1) is 15.6. The Labute approximate surface area is 186 Å². The number of para-hydroxylation sites is 1. The van der Waals surface area contributed by atoms with Crippen LogP contribution < -0.4 is 9.46 Å². The van der Waals surface area contributed by atoms with Crippen molar-refractivity contribution in [2.45, 2.75) is 11.3 Å². The van der Waals surface area contributed by atoms with Gasteiger partial charge in [0.2, 0.25) is 0 Å². The average Bonchev–Trinajstić information content (AvgIpc) is 3.17. The number of aromatic nitrogens is 2. The predicted octanol–water partition coefficient (Wildman–Crippen LogP) is 5.38. The van der Waals surface area contributed by atoms with Crippen LogP contribution in [0.3, 0.4) is 0 Å². The third kappa shape index (κ3) is 5.14. The first-order valence-electron chi connectivity index (χ1n) is 9.41. The topological polar surface area (TPSA) is 73.2 Å². The van der Waals surface area contributed by atoms with Crippen LogP contribution in [0.25, 0.3) is 16.9 Å². The lowest BCUT2D eigenvalue weighted by Gasteiger charge is -2.12. The smallest absolute Gasteiger partial charge is 0.406 e. The molecule has 0 aliphatic carbocycles. The first-order valence-corrected chi connectivity index (χ1v) is 10.9. The molecule has 0 radical (unpaired) electrons. The molecule has 0 atom stereocenters. The van der Waals surface area contributed by atoms with Crippen LogP contribution >= 0.6 is 0 Å². The number of anilines is 1. The van der Waals surface area contributed by atoms with Crippen LogP contribution in [0.5, 0.6) is 5.75 Å². The molecule has 170 valence electrons. The molecule has 0 fully saturated rings. The van der Waals surface area contributed by atoms with Gasteiger partial charge in [-0.3, -0.25) is 4.72 Å². The molecule has 0 bridgehead atoms. The van der Waals surface area contributed by atoms with Crippen molar-refractivity contribution >= 4 is 15.8 Å². The number of rotatable bonds is 6. The van der Waals surface area contributed by atoms with E-state index in [0.717, 1.165) is 28.9 Å². The van der Waals surface area contributed by atoms with Gasteiger partial charge in [0.15, 0.2) is 0 Å². The average molecular weight is 477 g/mol. The number of hydrogen-bond acceptors (Lipinski definition) is 4. The Kier molecular flexibility index (Phi) is 5.81. The Morgan fingerprint density at radius 1 is 0.879 bits per heavy atom. The highest BCUT2D eigenvalue weighted by Crippen LogP contribution is 2.29. The molecule has 0 amide bonds. The summed E-state index contributed by atoms with van der Waals surface area (Å²) in [5, 5.41) is 4.35. The minimum absolute atomic E-state index is 0.00584. The zero-order valence-corrected chi connectivity index (χ0v) is 17.4. The summed E-state index contributed by atoms with van der Waals surface area (Å²) in [5.74, 6) is -1.26. The number of benzene rings is 3. The van der Waals surface area contributed by atoms with Crippen LogP contribution in [0.2, 0.25) is 0 Å². The summed E-state index contributed by atoms with van der Waals surface area (Å²) >= 11 is 0. The Bertz CT molecular complexity index is 1370. The SMILES string of the molecule is O=S(=O)(Nc1cc(-c2ccccc2)nn1-c1ccccc1F)c1ccc(OC(F)(F)F)cc1. The molecule has 4 aromatic rings. The van der Waals surface area contributed by atoms with Gasteiger partial charge in [-0.05, 0) is 36.4 Å². The van der Waals surface area contributed by atoms with Gasteiger partial charge in [-0.1, -0.05) is 42.5 Å². The highest BCUT2D eigenvalue weighted by Gasteiger charge is 2.31. The van der Waals surface area contributed by atoms with Crippen LogP contribution in [0.15, 0.2) is 89.8 Å². The third-order valence-electron chi connectivity index (χ3n) is 4.47. The summed E-state index contributed by atoms with van der Waals surface area (Å²) in [5.41, 5.74) is 1.05. The summed E-state index contributed by atoms with van der Waals surface area (Å²) in [4.78, 5) is -0.320. The molecule has 0 saturated heterocycles. The van der Waals surface area contributed by atoms with Gasteiger partial charge in [0.25, 0.3) is 10.0 Å². The molecule has 1 aromatic heterocycles. The molecule has 6 nitrogen and oxygen atoms in total. The van der Waals surface area contributed by atoms with Gasteiger partial charge in [0.05, 0.1) is 10.6 Å². The highest BCUT2D eigenvalue weighted by molar-refractivity contribution is 7.92. The lowest BCUT2D eigenvalue weighted by atomic mass is 10.2. The van der Waals surface area contributed by atoms with Crippen LogP contribution in [0, 0.1) is 5.82 Å². The maximum absolute atomic E-state index is 14.5. The van der Waals surface area contributed by atoms with Crippen molar-refractivity contribution in [3.63, 3.8) is 0 Å². The maximum atomic E-state index is 14.5. The van der Waals surface area contributed by atoms with Crippen molar-refractivity contribution in [1.82, 2.24) is 9.78 Å². The monoisotopic (exact) mass is 477 g/mol. The van der Waals surface area contributed by atoms with Crippen LogP contribution in [0.1, 0.15) is 0 Å². The van der Waals surface area contributed by atoms with Gasteiger partial charge in [-0.25, -0.2) is 17.5 Å². The maximum Gasteiger partial charge on any atom is 0.573 e. The van der Waals surface area contributed by atoms with Gasteiger partial charge < -0.3 is 4.74 Å². The van der Waals surface area contributed by atoms with E-state index in [2.05, 4.69) is 14.6 Å². The van der Waals surface area contributed by atoms with Crippen LogP contribution in [-0.2, 0) is 10.0 Å². The van der Waals surface area contributed by atoms with Crippen molar-refractivity contribution in [2.24, 2.45) is 0 Å². The Morgan fingerprint density at radius 3 is 2.15 bits per heavy atom. The number of sulfonamides is 1. The van der Waals surface area contributed by atoms with E-state index in [1.165, 1.54) is 24.3 Å². The molecular formula is C22H15F4N3O3S. The number of alkyl halides is 3. The van der Waals surface area contributed by atoms with E-state index in [9.17, 15) is 26.0 Å². The van der Waals surface area contributed by atoms with Crippen molar-refractivity contribution < 1.29 is 30.7 Å². The number of ether oxygens (including phenoxy) is 1. The molecule has 0 spiro atoms. The predicted molar refractivity (Wildman–Crippen MR) is 113 cm³/mol. The Morgan fingerprint density at radius 2 is 1.52 bits per heavy atom. The van der Waals surface area contributed by atoms with Gasteiger partial charge in [0.1, 0.15) is 23.1 Å². The fourth-order valence-electron chi connectivity index (χ4n) is 3.03. The molecule has 4 rings (SSSR count). The fraction of sp³-hybridized carbons (Fsp3) is 0.0455. The number of hydrogen-bond donors (Lipinski definition) is 1. The molecule has 1 heterocycles. The summed E-state index contributed by atoms with van der Waals surface area (Å²) in [7, 11) is -4.26. The van der Waals surface area contributed by atoms with E-state index >= 15 is 0 Å². The minimum atomic E-state index is -4.90. The lowest BCUT2D eigenvalue weighted by molar-refractivity contribution is -0.274. The second kappa shape index (κ2) is 8.58. The van der Waals surface area contributed by atoms with E-state index in [1.807, 2.05) is 0 Å². The molecule has 0 unspecified atom stereocenters. The minimum Gasteiger partial charge on any atom is -0.406 e. The van der Waals surface area contributed by atoms with Gasteiger partial charge >= 0.3 is 6.36 Å². The molecule has 0 saturated carbocycles. The van der Waals surface area contributed by atoms with E-state index in [4.69, 9.17) is 0 Å². The van der Waals surface area contributed by atoms with E-state index in [-0.39, 0.29) is 16.4 Å². The van der Waals surface area contributed by atoms with Crippen molar-refractivity contribution in [3.05, 3.63) is 90.7 Å². The molecule has 1 N–H and O–H groups in total. The Balaban J connectivity index is 1.72. The highest BCUT2D eigenvalue weighted by atomic mass is 32.2. The van der Waals surface area contributed by atoms with E-state index in [0.29, 0.717) is 11.3 Å². The molecular weight excluding hydrogens is 462 g/mol. The molecule has 33 heavy (non-hydrogen) atoms. The second-order valence-electron chi connectivity index (χ2n) is 6.77. The fourth-order valence-corrected chi connectivity index (χ4v) is 4.06. The van der Waals surface area contributed by atoms with Crippen molar-refractivity contribution in [3.8, 4) is 22.7 Å². The number of nitrogens with zero attached hydrogens (tertiary/aromatic N) is 2. The van der Waals surface area contributed by atoms with E-state index in [1.54, 1.807) is 36.4 Å². The van der Waals surface area contributed by atoms with Crippen molar-refractivity contribution in [1.29, 1.82) is 0 Å². The van der Waals surface area contributed by atoms with Crippen molar-refractivity contribution in [2.75, 3.05) is 4.72 Å². The third-order valence-corrected chi connectivity index (χ3v) is 5.84. The zero-order valence-electron chi connectivity index (χ0n) is 16.6. The van der Waals surface area contributed by atoms with Crippen LogP contribution in [-0.4, -0.2) is 24.6 Å². The standard InChI is InChI=1S/C22H15F4N3O3S/c23-18-8-4-5-9-20(18)29-21(14-19(27-29)15-6-2-1-3-7-15)28-33(30,31)17-12-10-16(11-13-17)32-22(24,25)26/h1-14,28H. The number of nitrogens with one attached hydrogen (secondary N) is 1. The molecule has 11 heteroatoms. The quantitative estimate of drug-likeness (QED) is 0.379. The summed E-state index contributed by atoms with van der Waals surface area (Å²) < 4.78 is 84.5. The number of halogens is 4. The van der Waals surface area contributed by atoms with Gasteiger partial charge in [-0.15, -0.1) is 13.2 Å². The zero-order chi connectivity index (χ0) is 23.6. The molecule has 0 aliphatic heterocycles. The van der Waals surface area contributed by atoms with E-state index < -0.39 is 28.0 Å². The summed E-state index contributed by atoms with van der Waals surface area (Å²) in [6, 6.07) is 19.7. The largest absolute Gasteiger partial charge is 0.573 e. The summed E-state index contributed by atoms with van der Waals surface area (Å²) in [6.45, 7) is 0. The molecule has 3 aromatic carbocycles.